The number of piperazine rings is 1. The third-order valence-corrected chi connectivity index (χ3v) is 6.05. The molecule has 27 heavy (non-hydrogen) atoms. The van der Waals surface area contributed by atoms with Crippen molar-refractivity contribution in [1.29, 1.82) is 0 Å². The number of nitrogens with zero attached hydrogens (tertiary/aromatic N) is 2. The molecule has 1 aliphatic heterocycles. The number of benzene rings is 2. The third-order valence-electron chi connectivity index (χ3n) is 6.05. The van der Waals surface area contributed by atoms with Crippen LogP contribution in [0.1, 0.15) is 41.5 Å². The topological polar surface area (TPSA) is 26.7 Å². The molecule has 5 heteroatoms. The zero-order chi connectivity index (χ0) is 18.8. The van der Waals surface area contributed by atoms with E-state index in [0.717, 1.165) is 62.3 Å². The van der Waals surface area contributed by atoms with Crippen molar-refractivity contribution >= 4 is 0 Å². The van der Waals surface area contributed by atoms with Crippen molar-refractivity contribution in [2.24, 2.45) is 0 Å². The van der Waals surface area contributed by atoms with Crippen LogP contribution in [0.4, 0.5) is 8.78 Å². The van der Waals surface area contributed by atoms with Crippen LogP contribution in [-0.2, 0) is 0 Å². The van der Waals surface area contributed by atoms with E-state index in [0.29, 0.717) is 0 Å². The maximum absolute atomic E-state index is 14.1. The molecule has 2 aliphatic rings. The predicted molar refractivity (Wildman–Crippen MR) is 102 cm³/mol. The Morgan fingerprint density at radius 3 is 2.26 bits per heavy atom. The highest BCUT2D eigenvalue weighted by atomic mass is 19.1. The Labute approximate surface area is 159 Å². The number of aliphatic hydroxyl groups is 1. The quantitative estimate of drug-likeness (QED) is 0.889. The fourth-order valence-electron chi connectivity index (χ4n) is 4.65. The molecule has 0 amide bonds. The van der Waals surface area contributed by atoms with Gasteiger partial charge in [-0.15, -0.1) is 0 Å². The Morgan fingerprint density at radius 2 is 1.56 bits per heavy atom. The van der Waals surface area contributed by atoms with Gasteiger partial charge < -0.3 is 5.11 Å². The Hall–Kier alpha value is -1.82. The van der Waals surface area contributed by atoms with Gasteiger partial charge in [0.25, 0.3) is 0 Å². The van der Waals surface area contributed by atoms with Crippen LogP contribution in [0.3, 0.4) is 0 Å². The molecule has 0 spiro atoms. The van der Waals surface area contributed by atoms with Crippen molar-refractivity contribution in [3.05, 3.63) is 70.8 Å². The largest absolute Gasteiger partial charge is 0.395 e. The highest BCUT2D eigenvalue weighted by Crippen LogP contribution is 2.44. The molecule has 0 aromatic heterocycles. The summed E-state index contributed by atoms with van der Waals surface area (Å²) in [6.07, 6.45) is 1.95. The fourth-order valence-corrected chi connectivity index (χ4v) is 4.65. The zero-order valence-corrected chi connectivity index (χ0v) is 15.5. The van der Waals surface area contributed by atoms with Crippen LogP contribution in [-0.4, -0.2) is 54.2 Å². The first-order chi connectivity index (χ1) is 13.2. The fraction of sp³-hybridized carbons (Fsp3) is 0.455. The summed E-state index contributed by atoms with van der Waals surface area (Å²) in [4.78, 5) is 4.72. The molecule has 0 saturated carbocycles. The highest BCUT2D eigenvalue weighted by Gasteiger charge is 2.33. The van der Waals surface area contributed by atoms with Gasteiger partial charge in [0.1, 0.15) is 11.6 Å². The second-order valence-electron chi connectivity index (χ2n) is 7.57. The van der Waals surface area contributed by atoms with Gasteiger partial charge in [0.15, 0.2) is 0 Å². The summed E-state index contributed by atoms with van der Waals surface area (Å²) in [5, 5.41) is 9.13. The maximum Gasteiger partial charge on any atom is 0.123 e. The molecular weight excluding hydrogens is 346 g/mol. The first-order valence-electron chi connectivity index (χ1n) is 9.78. The number of aliphatic hydroxyl groups excluding tert-OH is 1. The standard InChI is InChI=1S/C22H26F2N2O/c23-17-3-1-16(2-4-17)19-7-8-22(21-15-18(24)5-6-20(19)21)26-11-9-25(10-12-26)13-14-27/h1-6,15,19,22,27H,7-14H2/t19-,22+/m0/s1. The molecule has 3 nitrogen and oxygen atoms in total. The molecule has 0 radical (unpaired) electrons. The molecule has 144 valence electrons. The number of hydrogen-bond donors (Lipinski definition) is 1. The van der Waals surface area contributed by atoms with E-state index < -0.39 is 0 Å². The van der Waals surface area contributed by atoms with Crippen molar-refractivity contribution in [1.82, 2.24) is 9.80 Å². The lowest BCUT2D eigenvalue weighted by atomic mass is 9.76. The molecule has 2 atom stereocenters. The summed E-state index contributed by atoms with van der Waals surface area (Å²) in [6, 6.07) is 12.1. The smallest absolute Gasteiger partial charge is 0.123 e. The summed E-state index contributed by atoms with van der Waals surface area (Å²) >= 11 is 0. The first kappa shape index (κ1) is 18.5. The minimum Gasteiger partial charge on any atom is -0.395 e. The molecule has 1 fully saturated rings. The minimum absolute atomic E-state index is 0.188. The van der Waals surface area contributed by atoms with Gasteiger partial charge in [-0.25, -0.2) is 8.78 Å². The van der Waals surface area contributed by atoms with Crippen molar-refractivity contribution < 1.29 is 13.9 Å². The summed E-state index contributed by atoms with van der Waals surface area (Å²) in [5.74, 6) is -0.238. The summed E-state index contributed by atoms with van der Waals surface area (Å²) in [7, 11) is 0. The third kappa shape index (κ3) is 3.91. The Bertz CT molecular complexity index is 772. The predicted octanol–water partition coefficient (Wildman–Crippen LogP) is 3.54. The van der Waals surface area contributed by atoms with Crippen LogP contribution >= 0.6 is 0 Å². The van der Waals surface area contributed by atoms with E-state index in [9.17, 15) is 8.78 Å². The normalized spacial score (nSPS) is 24.0. The van der Waals surface area contributed by atoms with Crippen LogP contribution in [0.25, 0.3) is 0 Å². The van der Waals surface area contributed by atoms with Gasteiger partial charge in [0, 0.05) is 44.7 Å². The highest BCUT2D eigenvalue weighted by molar-refractivity contribution is 5.42. The average molecular weight is 372 g/mol. The number of fused-ring (bicyclic) bond motifs is 1. The SMILES string of the molecule is OCCN1CCN([C@@H]2CC[C@@H](c3ccc(F)cc3)c3ccc(F)cc32)CC1. The van der Waals surface area contributed by atoms with Crippen LogP contribution < -0.4 is 0 Å². The van der Waals surface area contributed by atoms with Crippen LogP contribution in [0.15, 0.2) is 42.5 Å². The summed E-state index contributed by atoms with van der Waals surface area (Å²) < 4.78 is 27.4. The first-order valence-corrected chi connectivity index (χ1v) is 9.78. The van der Waals surface area contributed by atoms with E-state index in [1.807, 2.05) is 18.2 Å². The zero-order valence-electron chi connectivity index (χ0n) is 15.5. The van der Waals surface area contributed by atoms with Crippen molar-refractivity contribution in [2.75, 3.05) is 39.3 Å². The molecule has 2 aromatic carbocycles. The van der Waals surface area contributed by atoms with E-state index >= 15 is 0 Å². The Kier molecular flexibility index (Phi) is 5.53. The molecule has 1 heterocycles. The number of β-amino-alcohol motifs (C(OH)–C–C–N with tert-alkyl or cyclic N) is 1. The van der Waals surface area contributed by atoms with Gasteiger partial charge in [0.05, 0.1) is 6.61 Å². The van der Waals surface area contributed by atoms with Gasteiger partial charge in [-0.1, -0.05) is 18.2 Å². The summed E-state index contributed by atoms with van der Waals surface area (Å²) in [5.41, 5.74) is 3.33. The van der Waals surface area contributed by atoms with Gasteiger partial charge in [-0.3, -0.25) is 9.80 Å². The molecule has 1 aliphatic carbocycles. The Balaban J connectivity index is 1.59. The molecule has 2 aromatic rings. The van der Waals surface area contributed by atoms with E-state index in [2.05, 4.69) is 9.80 Å². The lowest BCUT2D eigenvalue weighted by Crippen LogP contribution is -2.48. The van der Waals surface area contributed by atoms with Crippen molar-refractivity contribution in [2.45, 2.75) is 24.8 Å². The molecule has 1 saturated heterocycles. The van der Waals surface area contributed by atoms with Crippen molar-refractivity contribution in [3.63, 3.8) is 0 Å². The number of halogens is 2. The van der Waals surface area contributed by atoms with Crippen LogP contribution in [0, 0.1) is 11.6 Å². The monoisotopic (exact) mass is 372 g/mol. The molecule has 1 N–H and O–H groups in total. The van der Waals surface area contributed by atoms with E-state index in [-0.39, 0.29) is 30.2 Å². The van der Waals surface area contributed by atoms with Gasteiger partial charge in [0.2, 0.25) is 0 Å². The average Bonchev–Trinajstić information content (AvgIpc) is 2.69. The lowest BCUT2D eigenvalue weighted by molar-refractivity contribution is 0.0762. The van der Waals surface area contributed by atoms with E-state index in [4.69, 9.17) is 5.11 Å². The van der Waals surface area contributed by atoms with Crippen LogP contribution in [0.2, 0.25) is 0 Å². The van der Waals surface area contributed by atoms with Gasteiger partial charge >= 0.3 is 0 Å². The second kappa shape index (κ2) is 8.05. The van der Waals surface area contributed by atoms with E-state index in [1.165, 1.54) is 18.2 Å². The van der Waals surface area contributed by atoms with Crippen LogP contribution in [0.5, 0.6) is 0 Å². The molecular formula is C22H26F2N2O. The van der Waals surface area contributed by atoms with Crippen molar-refractivity contribution in [3.8, 4) is 0 Å². The lowest BCUT2D eigenvalue weighted by Gasteiger charge is -2.43. The van der Waals surface area contributed by atoms with Gasteiger partial charge in [-0.05, 0) is 53.8 Å². The minimum atomic E-state index is -0.229. The summed E-state index contributed by atoms with van der Waals surface area (Å²) in [6.45, 7) is 4.64. The second-order valence-corrected chi connectivity index (χ2v) is 7.57. The molecule has 0 unspecified atom stereocenters. The Morgan fingerprint density at radius 1 is 0.852 bits per heavy atom. The molecule has 0 bridgehead atoms. The maximum atomic E-state index is 14.1. The molecule has 4 rings (SSSR count). The van der Waals surface area contributed by atoms with Gasteiger partial charge in [-0.2, -0.15) is 0 Å². The van der Waals surface area contributed by atoms with E-state index in [1.54, 1.807) is 6.07 Å². The number of hydrogen-bond acceptors (Lipinski definition) is 3. The number of rotatable bonds is 4.